The molecule has 16 heteroatoms. The maximum atomic E-state index is 15.0. The van der Waals surface area contributed by atoms with Gasteiger partial charge in [-0.3, -0.25) is 4.79 Å². The molecule has 1 amide bonds. The normalized spacial score (nSPS) is 16.6. The minimum Gasteiger partial charge on any atom is -0.495 e. The Hall–Kier alpha value is -4.02. The van der Waals surface area contributed by atoms with E-state index in [9.17, 15) is 30.8 Å². The number of amides is 1. The number of carbonyl (C=O) groups is 1. The molecule has 2 aromatic carbocycles. The number of aromatic nitrogens is 2. The van der Waals surface area contributed by atoms with Crippen molar-refractivity contribution in [1.82, 2.24) is 24.5 Å². The van der Waals surface area contributed by atoms with Gasteiger partial charge < -0.3 is 25.6 Å². The summed E-state index contributed by atoms with van der Waals surface area (Å²) in [5.41, 5.74) is -0.0719. The van der Waals surface area contributed by atoms with Gasteiger partial charge in [-0.1, -0.05) is 24.3 Å². The summed E-state index contributed by atoms with van der Waals surface area (Å²) in [5.74, 6) is -2.49. The third kappa shape index (κ3) is 7.36. The highest BCUT2D eigenvalue weighted by molar-refractivity contribution is 7.88. The van der Waals surface area contributed by atoms with Gasteiger partial charge >= 0.3 is 6.18 Å². The van der Waals surface area contributed by atoms with Gasteiger partial charge in [-0.15, -0.1) is 0 Å². The molecule has 0 radical (unpaired) electrons. The fourth-order valence-electron chi connectivity index (χ4n) is 4.90. The van der Waals surface area contributed by atoms with Gasteiger partial charge in [0.2, 0.25) is 16.0 Å². The number of alkyl halides is 3. The van der Waals surface area contributed by atoms with Crippen LogP contribution in [0.1, 0.15) is 33.1 Å². The predicted molar refractivity (Wildman–Crippen MR) is 157 cm³/mol. The lowest BCUT2D eigenvalue weighted by Crippen LogP contribution is -2.39. The van der Waals surface area contributed by atoms with E-state index in [0.29, 0.717) is 18.3 Å². The molecule has 3 N–H and O–H groups in total. The Bertz CT molecular complexity index is 1640. The summed E-state index contributed by atoms with van der Waals surface area (Å²) < 4.78 is 88.5. The first-order valence-corrected chi connectivity index (χ1v) is 15.2. The Kier molecular flexibility index (Phi) is 9.65. The number of ether oxygens (including phenoxy) is 1. The molecule has 44 heavy (non-hydrogen) atoms. The molecular weight excluding hydrogens is 606 g/mol. The zero-order valence-electron chi connectivity index (χ0n) is 24.7. The standard InChI is InChI=1S/C28H33F4N7O4S/c1-38(2)11-10-33-26(40)18-13-23(43-4)21(14-20(18)29)36-27-34-15-19(28(30,31)32)25(37-27)35-22-12-16-8-6-7-9-17(16)24(22)39(3)44(5,41)42/h6-9,13-15,22,24H,10-12H2,1-5H3,(H,33,40)(H2,34,35,36,37)/t22-,24-/m1/s1. The largest absolute Gasteiger partial charge is 0.495 e. The highest BCUT2D eigenvalue weighted by Gasteiger charge is 2.41. The van der Waals surface area contributed by atoms with Crippen LogP contribution < -0.4 is 20.7 Å². The molecule has 4 rings (SSSR count). The number of carbonyl (C=O) groups excluding carboxylic acids is 1. The number of sulfonamides is 1. The van der Waals surface area contributed by atoms with Crippen molar-refractivity contribution in [2.75, 3.05) is 58.2 Å². The second-order valence-corrected chi connectivity index (χ2v) is 12.6. The minimum absolute atomic E-state index is 0.0169. The molecule has 1 aliphatic carbocycles. The predicted octanol–water partition coefficient (Wildman–Crippen LogP) is 3.65. The Labute approximate surface area is 252 Å². The van der Waals surface area contributed by atoms with Crippen LogP contribution in [0.4, 0.5) is 35.0 Å². The number of nitrogens with zero attached hydrogens (tertiary/aromatic N) is 4. The van der Waals surface area contributed by atoms with Crippen LogP contribution in [-0.4, -0.2) is 87.1 Å². The summed E-state index contributed by atoms with van der Waals surface area (Å²) in [4.78, 5) is 22.2. The average molecular weight is 640 g/mol. The summed E-state index contributed by atoms with van der Waals surface area (Å²) in [6.45, 7) is 0.805. The maximum Gasteiger partial charge on any atom is 0.421 e. The highest BCUT2D eigenvalue weighted by atomic mass is 32.2. The molecular formula is C28H33F4N7O4S. The van der Waals surface area contributed by atoms with Crippen LogP contribution in [0.5, 0.6) is 5.75 Å². The summed E-state index contributed by atoms with van der Waals surface area (Å²) >= 11 is 0. The van der Waals surface area contributed by atoms with E-state index >= 15 is 0 Å². The Balaban J connectivity index is 1.66. The zero-order valence-corrected chi connectivity index (χ0v) is 25.5. The molecule has 0 saturated carbocycles. The number of hydrogen-bond acceptors (Lipinski definition) is 9. The van der Waals surface area contributed by atoms with Crippen LogP contribution in [0.15, 0.2) is 42.6 Å². The SMILES string of the molecule is COc1cc(C(=O)NCCN(C)C)c(F)cc1Nc1ncc(C(F)(F)F)c(N[C@@H]2Cc3ccccc3[C@H]2N(C)S(C)(=O)=O)n1. The van der Waals surface area contributed by atoms with Crippen molar-refractivity contribution in [3.05, 3.63) is 70.7 Å². The molecule has 0 aliphatic heterocycles. The van der Waals surface area contributed by atoms with Gasteiger partial charge in [-0.25, -0.2) is 17.8 Å². The number of anilines is 3. The number of methoxy groups -OCH3 is 1. The van der Waals surface area contributed by atoms with Gasteiger partial charge in [-0.2, -0.15) is 22.5 Å². The fraction of sp³-hybridized carbons (Fsp3) is 0.393. The molecule has 2 atom stereocenters. The van der Waals surface area contributed by atoms with Crippen molar-refractivity contribution in [2.24, 2.45) is 0 Å². The van der Waals surface area contributed by atoms with Crippen LogP contribution in [0.25, 0.3) is 0 Å². The van der Waals surface area contributed by atoms with Crippen molar-refractivity contribution in [1.29, 1.82) is 0 Å². The molecule has 0 unspecified atom stereocenters. The van der Waals surface area contributed by atoms with Gasteiger partial charge in [0, 0.05) is 32.4 Å². The van der Waals surface area contributed by atoms with E-state index in [1.807, 2.05) is 19.0 Å². The average Bonchev–Trinajstić information content (AvgIpc) is 3.29. The monoisotopic (exact) mass is 639 g/mol. The molecule has 238 valence electrons. The maximum absolute atomic E-state index is 15.0. The Morgan fingerprint density at radius 1 is 1.16 bits per heavy atom. The summed E-state index contributed by atoms with van der Waals surface area (Å²) in [6, 6.07) is 7.48. The number of likely N-dealkylation sites (N-methyl/N-ethyl adjacent to an activating group) is 2. The quantitative estimate of drug-likeness (QED) is 0.270. The summed E-state index contributed by atoms with van der Waals surface area (Å²) in [6.07, 6.45) is -3.04. The van der Waals surface area contributed by atoms with E-state index in [2.05, 4.69) is 25.9 Å². The lowest BCUT2D eigenvalue weighted by Gasteiger charge is -2.30. The van der Waals surface area contributed by atoms with E-state index in [1.165, 1.54) is 14.2 Å². The second-order valence-electron chi connectivity index (χ2n) is 10.5. The molecule has 11 nitrogen and oxygen atoms in total. The van der Waals surface area contributed by atoms with Crippen molar-refractivity contribution in [3.8, 4) is 5.75 Å². The Morgan fingerprint density at radius 3 is 2.50 bits per heavy atom. The van der Waals surface area contributed by atoms with Crippen molar-refractivity contribution in [3.63, 3.8) is 0 Å². The Morgan fingerprint density at radius 2 is 1.86 bits per heavy atom. The lowest BCUT2D eigenvalue weighted by atomic mass is 10.1. The van der Waals surface area contributed by atoms with E-state index in [0.717, 1.165) is 28.3 Å². The van der Waals surface area contributed by atoms with E-state index in [4.69, 9.17) is 4.74 Å². The van der Waals surface area contributed by atoms with E-state index in [-0.39, 0.29) is 35.9 Å². The molecule has 0 bridgehead atoms. The summed E-state index contributed by atoms with van der Waals surface area (Å²) in [7, 11) is 2.56. The summed E-state index contributed by atoms with van der Waals surface area (Å²) in [5, 5.41) is 8.08. The molecule has 0 saturated heterocycles. The number of benzene rings is 2. The highest BCUT2D eigenvalue weighted by Crippen LogP contribution is 2.41. The van der Waals surface area contributed by atoms with Crippen LogP contribution in [0.2, 0.25) is 0 Å². The van der Waals surface area contributed by atoms with Crippen molar-refractivity contribution in [2.45, 2.75) is 24.7 Å². The van der Waals surface area contributed by atoms with Gasteiger partial charge in [0.05, 0.1) is 36.7 Å². The first-order chi connectivity index (χ1) is 20.6. The number of hydrogen-bond donors (Lipinski definition) is 3. The molecule has 1 aliphatic rings. The molecule has 0 fully saturated rings. The smallest absolute Gasteiger partial charge is 0.421 e. The zero-order chi connectivity index (χ0) is 32.4. The first-order valence-electron chi connectivity index (χ1n) is 13.4. The number of rotatable bonds is 11. The molecule has 0 spiro atoms. The third-order valence-electron chi connectivity index (χ3n) is 7.15. The molecule has 1 aromatic heterocycles. The van der Waals surface area contributed by atoms with E-state index < -0.39 is 51.4 Å². The van der Waals surface area contributed by atoms with Crippen molar-refractivity contribution >= 4 is 33.4 Å². The van der Waals surface area contributed by atoms with Gasteiger partial charge in [0.25, 0.3) is 5.91 Å². The lowest BCUT2D eigenvalue weighted by molar-refractivity contribution is -0.137. The number of fused-ring (bicyclic) bond motifs is 1. The third-order valence-corrected chi connectivity index (χ3v) is 8.42. The topological polar surface area (TPSA) is 129 Å². The molecule has 3 aromatic rings. The first kappa shape index (κ1) is 32.9. The number of halogens is 4. The number of nitrogens with one attached hydrogen (secondary N) is 3. The van der Waals surface area contributed by atoms with Crippen LogP contribution >= 0.6 is 0 Å². The van der Waals surface area contributed by atoms with Crippen LogP contribution in [0, 0.1) is 5.82 Å². The van der Waals surface area contributed by atoms with Gasteiger partial charge in [-0.05, 0) is 37.7 Å². The molecule has 1 heterocycles. The van der Waals surface area contributed by atoms with E-state index in [1.54, 1.807) is 24.3 Å². The van der Waals surface area contributed by atoms with Gasteiger partial charge in [0.15, 0.2) is 0 Å². The minimum atomic E-state index is -4.85. The van der Waals surface area contributed by atoms with Gasteiger partial charge in [0.1, 0.15) is 22.9 Å². The second kappa shape index (κ2) is 12.9. The van der Waals surface area contributed by atoms with Crippen LogP contribution in [0.3, 0.4) is 0 Å². The fourth-order valence-corrected chi connectivity index (χ4v) is 5.57. The van der Waals surface area contributed by atoms with Crippen LogP contribution in [-0.2, 0) is 22.6 Å². The van der Waals surface area contributed by atoms with Crippen molar-refractivity contribution < 1.29 is 35.5 Å².